The summed E-state index contributed by atoms with van der Waals surface area (Å²) >= 11 is 0. The van der Waals surface area contributed by atoms with Crippen LogP contribution >= 0.6 is 0 Å². The van der Waals surface area contributed by atoms with Crippen LogP contribution in [0.2, 0.25) is 0 Å². The lowest BCUT2D eigenvalue weighted by Gasteiger charge is -2.31. The normalized spacial score (nSPS) is 22.6. The summed E-state index contributed by atoms with van der Waals surface area (Å²) in [5.41, 5.74) is 0. The second-order valence-electron chi connectivity index (χ2n) is 2.03. The molecule has 0 unspecified atom stereocenters. The molecule has 0 heterocycles. The Morgan fingerprint density at radius 1 is 1.57 bits per heavy atom. The van der Waals surface area contributed by atoms with E-state index in [1.54, 1.807) is 0 Å². The number of nitrogens with zero attached hydrogens (tertiary/aromatic N) is 1. The summed E-state index contributed by atoms with van der Waals surface area (Å²) < 4.78 is 0. The van der Waals surface area contributed by atoms with Crippen molar-refractivity contribution in [1.29, 1.82) is 0 Å². The molecule has 7 heavy (non-hydrogen) atoms. The third-order valence-electron chi connectivity index (χ3n) is 1.50. The zero-order valence-corrected chi connectivity index (χ0v) is 4.30. The first-order chi connectivity index (χ1) is 3.30. The van der Waals surface area contributed by atoms with Crippen LogP contribution in [0.3, 0.4) is 0 Å². The van der Waals surface area contributed by atoms with E-state index in [0.29, 0.717) is 6.04 Å². The third kappa shape index (κ3) is 0.953. The van der Waals surface area contributed by atoms with E-state index < -0.39 is 0 Å². The smallest absolute Gasteiger partial charge is 0.206 e. The van der Waals surface area contributed by atoms with Gasteiger partial charge in [0.1, 0.15) is 0 Å². The van der Waals surface area contributed by atoms with Gasteiger partial charge in [-0.15, -0.1) is 0 Å². The molecule has 1 fully saturated rings. The second kappa shape index (κ2) is 1.84. The topological polar surface area (TPSA) is 29.3 Å². The van der Waals surface area contributed by atoms with Crippen LogP contribution in [0.4, 0.5) is 0 Å². The van der Waals surface area contributed by atoms with Gasteiger partial charge in [0.25, 0.3) is 0 Å². The Morgan fingerprint density at radius 2 is 2.14 bits per heavy atom. The second-order valence-corrected chi connectivity index (χ2v) is 2.03. The molecule has 0 atom stereocenters. The summed E-state index contributed by atoms with van der Waals surface area (Å²) in [5, 5.41) is 0. The van der Waals surface area contributed by atoms with Crippen LogP contribution in [0.15, 0.2) is 0 Å². The van der Waals surface area contributed by atoms with Crippen LogP contribution in [0.25, 0.3) is 0 Å². The van der Waals surface area contributed by atoms with Gasteiger partial charge >= 0.3 is 0 Å². The van der Waals surface area contributed by atoms with Gasteiger partial charge in [0, 0.05) is 6.04 Å². The minimum Gasteiger partial charge on any atom is -0.298 e. The quantitative estimate of drug-likeness (QED) is 0.278. The Bertz CT molecular complexity index is 60.7. The van der Waals surface area contributed by atoms with E-state index in [1.165, 1.54) is 24.2 Å². The van der Waals surface area contributed by atoms with Crippen molar-refractivity contribution in [3.05, 3.63) is 0 Å². The Labute approximate surface area is 45.1 Å². The van der Waals surface area contributed by atoms with Crippen molar-refractivity contribution in [3.63, 3.8) is 0 Å². The highest BCUT2D eigenvalue weighted by atomic mass is 15.4. The summed E-state index contributed by atoms with van der Waals surface area (Å²) in [4.78, 5) is 1.31. The van der Waals surface area contributed by atoms with Crippen LogP contribution in [0.1, 0.15) is 19.3 Å². The molecule has 0 aromatic rings. The highest BCUT2D eigenvalue weighted by Crippen LogP contribution is 2.20. The fourth-order valence-corrected chi connectivity index (χ4v) is 0.685. The van der Waals surface area contributed by atoms with Gasteiger partial charge in [-0.25, -0.2) is 0 Å². The third-order valence-corrected chi connectivity index (χ3v) is 1.50. The minimum atomic E-state index is 0.472. The van der Waals surface area contributed by atoms with Gasteiger partial charge < -0.3 is 0 Å². The molecular weight excluding hydrogens is 86.9 g/mol. The van der Waals surface area contributed by atoms with E-state index in [-0.39, 0.29) is 0 Å². The number of hydrogen-bond donors (Lipinski definition) is 1. The van der Waals surface area contributed by atoms with Gasteiger partial charge in [0.15, 0.2) is 0 Å². The molecule has 1 saturated carbocycles. The van der Waals surface area contributed by atoms with Crippen LogP contribution in [0, 0.1) is 0 Å². The van der Waals surface area contributed by atoms with Crippen LogP contribution in [-0.4, -0.2) is 18.9 Å². The predicted molar refractivity (Wildman–Crippen MR) is 29.4 cm³/mol. The highest BCUT2D eigenvalue weighted by molar-refractivity contribution is 6.04. The summed E-state index contributed by atoms with van der Waals surface area (Å²) in [6, 6.07) is 0.472. The monoisotopic (exact) mass is 96.1 g/mol. The van der Waals surface area contributed by atoms with Gasteiger partial charge in [-0.05, 0) is 12.8 Å². The van der Waals surface area contributed by atoms with Gasteiger partial charge in [-0.1, -0.05) is 6.42 Å². The van der Waals surface area contributed by atoms with Crippen LogP contribution < -0.4 is 5.84 Å². The summed E-state index contributed by atoms with van der Waals surface area (Å²) in [6.07, 6.45) is 3.63. The first-order valence-electron chi connectivity index (χ1n) is 2.59. The molecule has 1 rings (SSSR count). The maximum Gasteiger partial charge on any atom is 0.206 e. The number of hydrogen-bond acceptors (Lipinski definition) is 2. The van der Waals surface area contributed by atoms with Gasteiger partial charge in [0.2, 0.25) is 7.98 Å². The summed E-state index contributed by atoms with van der Waals surface area (Å²) in [7, 11) is 5.21. The fraction of sp³-hybridized carbons (Fsp3) is 1.00. The van der Waals surface area contributed by atoms with E-state index >= 15 is 0 Å². The highest BCUT2D eigenvalue weighted by Gasteiger charge is 2.18. The van der Waals surface area contributed by atoms with E-state index in [0.717, 1.165) is 0 Å². The Balaban J connectivity index is 2.14. The molecule has 2 N–H and O–H groups in total. The van der Waals surface area contributed by atoms with Crippen LogP contribution in [0.5, 0.6) is 0 Å². The lowest BCUT2D eigenvalue weighted by molar-refractivity contribution is 0.230. The standard InChI is InChI=1S/C4H9BN2/c5-7(6)4-2-1-3-4/h4H,1-3,6H2. The fourth-order valence-electron chi connectivity index (χ4n) is 0.685. The molecule has 0 aliphatic heterocycles. The average Bonchev–Trinajstić information content (AvgIpc) is 1.23. The van der Waals surface area contributed by atoms with Crippen molar-refractivity contribution in [1.82, 2.24) is 4.92 Å². The molecule has 1 aliphatic carbocycles. The van der Waals surface area contributed by atoms with Crippen molar-refractivity contribution in [3.8, 4) is 0 Å². The van der Waals surface area contributed by atoms with Gasteiger partial charge in [-0.2, -0.15) is 0 Å². The van der Waals surface area contributed by atoms with Gasteiger partial charge in [-0.3, -0.25) is 10.8 Å². The Kier molecular flexibility index (Phi) is 1.35. The maximum atomic E-state index is 5.21. The van der Waals surface area contributed by atoms with Crippen molar-refractivity contribution in [2.24, 2.45) is 5.84 Å². The lowest BCUT2D eigenvalue weighted by Crippen LogP contribution is -2.42. The molecule has 0 saturated heterocycles. The molecule has 0 bridgehead atoms. The molecular formula is C4H9BN2. The van der Waals surface area contributed by atoms with Gasteiger partial charge in [0.05, 0.1) is 0 Å². The van der Waals surface area contributed by atoms with Crippen LogP contribution in [-0.2, 0) is 0 Å². The minimum absolute atomic E-state index is 0.472. The summed E-state index contributed by atoms with van der Waals surface area (Å²) in [6.45, 7) is 0. The molecule has 2 radical (unpaired) electrons. The van der Waals surface area contributed by atoms with Crippen molar-refractivity contribution >= 4 is 7.98 Å². The number of nitrogens with two attached hydrogens (primary N) is 1. The lowest BCUT2D eigenvalue weighted by atomic mass is 9.91. The first-order valence-corrected chi connectivity index (χ1v) is 2.59. The van der Waals surface area contributed by atoms with E-state index in [1.807, 2.05) is 0 Å². The average molecular weight is 95.9 g/mol. The molecule has 0 aromatic carbocycles. The van der Waals surface area contributed by atoms with E-state index in [2.05, 4.69) is 0 Å². The summed E-state index contributed by atoms with van der Waals surface area (Å²) in [5.74, 6) is 5.21. The largest absolute Gasteiger partial charge is 0.298 e. The van der Waals surface area contributed by atoms with Crippen molar-refractivity contribution < 1.29 is 0 Å². The first kappa shape index (κ1) is 5.13. The molecule has 0 aromatic heterocycles. The van der Waals surface area contributed by atoms with E-state index in [9.17, 15) is 0 Å². The molecule has 38 valence electrons. The Hall–Kier alpha value is -0.0151. The molecule has 3 heteroatoms. The molecule has 2 nitrogen and oxygen atoms in total. The van der Waals surface area contributed by atoms with Crippen molar-refractivity contribution in [2.75, 3.05) is 0 Å². The Morgan fingerprint density at radius 3 is 2.14 bits per heavy atom. The SMILES string of the molecule is [B]N(N)C1CCC1. The predicted octanol–water partition coefficient (Wildman–Crippen LogP) is -0.202. The zero-order valence-electron chi connectivity index (χ0n) is 4.30. The van der Waals surface area contributed by atoms with Crippen molar-refractivity contribution in [2.45, 2.75) is 25.3 Å². The zero-order chi connectivity index (χ0) is 5.28. The molecule has 1 aliphatic rings. The number of rotatable bonds is 1. The molecule has 0 amide bonds. The molecule has 0 spiro atoms. The number of hydrazine groups is 1. The maximum absolute atomic E-state index is 5.21. The van der Waals surface area contributed by atoms with E-state index in [4.69, 9.17) is 13.8 Å².